The third kappa shape index (κ3) is 1.31. The minimum absolute atomic E-state index is 0.640. The summed E-state index contributed by atoms with van der Waals surface area (Å²) in [6.45, 7) is 0. The maximum absolute atomic E-state index is 12.5. The average Bonchev–Trinajstić information content (AvgIpc) is 2.15. The van der Waals surface area contributed by atoms with Crippen LogP contribution in [0, 0.1) is 17.6 Å². The van der Waals surface area contributed by atoms with E-state index in [4.69, 9.17) is 0 Å². The molecule has 0 bridgehead atoms. The van der Waals surface area contributed by atoms with Crippen LogP contribution in [-0.4, -0.2) is 19.7 Å². The summed E-state index contributed by atoms with van der Waals surface area (Å²) in [5.41, 5.74) is 0. The molecule has 0 aliphatic rings. The molecule has 0 saturated heterocycles. The first-order valence-electron chi connectivity index (χ1n) is 2.76. The van der Waals surface area contributed by atoms with Gasteiger partial charge in [-0.05, 0) is 0 Å². The van der Waals surface area contributed by atoms with Crippen molar-refractivity contribution in [3.05, 3.63) is 17.6 Å². The van der Waals surface area contributed by atoms with E-state index in [0.717, 1.165) is 0 Å². The van der Waals surface area contributed by atoms with Gasteiger partial charge in [-0.3, -0.25) is 0 Å². The van der Waals surface area contributed by atoms with Crippen LogP contribution in [0.4, 0.5) is 13.2 Å². The monoisotopic (exact) mass is 199 g/mol. The highest BCUT2D eigenvalue weighted by Crippen LogP contribution is 2.18. The Labute approximate surface area is 66.1 Å². The van der Waals surface area contributed by atoms with E-state index in [2.05, 4.69) is 0 Å². The first-order chi connectivity index (χ1) is 5.34. The lowest BCUT2D eigenvalue weighted by Crippen LogP contribution is -2.00. The average molecular weight is 199 g/mol. The van der Waals surface area contributed by atoms with Crippen LogP contribution in [0.15, 0.2) is 5.03 Å². The fraction of sp³-hybridized carbons (Fsp3) is 0.200. The molecule has 1 aromatic rings. The Balaban J connectivity index is 3.48. The van der Waals surface area contributed by atoms with Crippen LogP contribution in [0.5, 0.6) is 0 Å². The topological polar surface area (TPSA) is 49.9 Å². The van der Waals surface area contributed by atoms with Gasteiger partial charge >= 0.3 is 0 Å². The number of halogens is 3. The third-order valence-electron chi connectivity index (χ3n) is 1.18. The number of nitrogens with one attached hydrogen (secondary N) is 1. The smallest absolute Gasteiger partial charge is 0.231 e. The molecule has 12 heavy (non-hydrogen) atoms. The quantitative estimate of drug-likeness (QED) is 0.728. The molecule has 0 unspecified atom stereocenters. The number of sulfone groups is 1. The molecule has 0 radical (unpaired) electrons. The second-order valence-electron chi connectivity index (χ2n) is 2.17. The Morgan fingerprint density at radius 1 is 1.17 bits per heavy atom. The van der Waals surface area contributed by atoms with Gasteiger partial charge in [0.25, 0.3) is 0 Å². The van der Waals surface area contributed by atoms with E-state index in [1.165, 1.54) is 4.98 Å². The van der Waals surface area contributed by atoms with E-state index in [1.807, 2.05) is 0 Å². The van der Waals surface area contributed by atoms with E-state index in [-0.39, 0.29) is 0 Å². The summed E-state index contributed by atoms with van der Waals surface area (Å²) in [6, 6.07) is 0. The molecule has 1 aromatic heterocycles. The molecular weight excluding hydrogens is 195 g/mol. The van der Waals surface area contributed by atoms with E-state index in [1.54, 1.807) is 0 Å². The highest BCUT2D eigenvalue weighted by Gasteiger charge is 2.24. The SMILES string of the molecule is CS(=O)(=O)c1[nH]c(F)c(F)c1F. The fourth-order valence-corrected chi connectivity index (χ4v) is 1.35. The lowest BCUT2D eigenvalue weighted by molar-refractivity contribution is 0.450. The van der Waals surface area contributed by atoms with Crippen LogP contribution >= 0.6 is 0 Å². The molecule has 0 aliphatic heterocycles. The second kappa shape index (κ2) is 2.51. The van der Waals surface area contributed by atoms with Gasteiger partial charge in [0.05, 0.1) is 0 Å². The largest absolute Gasteiger partial charge is 0.317 e. The number of hydrogen-bond acceptors (Lipinski definition) is 2. The Hall–Kier alpha value is -0.980. The minimum atomic E-state index is -3.95. The summed E-state index contributed by atoms with van der Waals surface area (Å²) in [4.78, 5) is 1.45. The molecule has 3 nitrogen and oxygen atoms in total. The van der Waals surface area contributed by atoms with Gasteiger partial charge in [-0.1, -0.05) is 0 Å². The zero-order chi connectivity index (χ0) is 9.52. The van der Waals surface area contributed by atoms with E-state index >= 15 is 0 Å². The van der Waals surface area contributed by atoms with Crippen molar-refractivity contribution < 1.29 is 21.6 Å². The Bertz CT molecular complexity index is 409. The van der Waals surface area contributed by atoms with Gasteiger partial charge in [0.2, 0.25) is 11.8 Å². The fourth-order valence-electron chi connectivity index (χ4n) is 0.661. The second-order valence-corrected chi connectivity index (χ2v) is 4.12. The highest BCUT2D eigenvalue weighted by atomic mass is 32.2. The lowest BCUT2D eigenvalue weighted by atomic mass is 10.6. The first kappa shape index (κ1) is 9.11. The summed E-state index contributed by atoms with van der Waals surface area (Å²) in [5.74, 6) is -5.14. The summed E-state index contributed by atoms with van der Waals surface area (Å²) in [6.07, 6.45) is 0.640. The maximum Gasteiger partial charge on any atom is 0.231 e. The zero-order valence-corrected chi connectivity index (χ0v) is 6.68. The molecular formula is C5H4F3NO2S. The van der Waals surface area contributed by atoms with Gasteiger partial charge in [-0.25, -0.2) is 12.8 Å². The predicted molar refractivity (Wildman–Crippen MR) is 33.8 cm³/mol. The normalized spacial score (nSPS) is 12.0. The summed E-state index contributed by atoms with van der Waals surface area (Å²) < 4.78 is 58.2. The Morgan fingerprint density at radius 2 is 1.67 bits per heavy atom. The van der Waals surface area contributed by atoms with Crippen molar-refractivity contribution in [3.8, 4) is 0 Å². The summed E-state index contributed by atoms with van der Waals surface area (Å²) in [5, 5.41) is -1.07. The lowest BCUT2D eigenvalue weighted by Gasteiger charge is -1.90. The molecule has 0 spiro atoms. The van der Waals surface area contributed by atoms with E-state index in [9.17, 15) is 21.6 Å². The van der Waals surface area contributed by atoms with Crippen LogP contribution < -0.4 is 0 Å². The molecule has 68 valence electrons. The molecule has 0 saturated carbocycles. The Kier molecular flexibility index (Phi) is 1.91. The molecule has 0 fully saturated rings. The zero-order valence-electron chi connectivity index (χ0n) is 5.86. The number of H-pyrrole nitrogens is 1. The van der Waals surface area contributed by atoms with Crippen LogP contribution in [0.1, 0.15) is 0 Å². The number of hydrogen-bond donors (Lipinski definition) is 1. The van der Waals surface area contributed by atoms with Gasteiger partial charge in [0, 0.05) is 6.26 Å². The Morgan fingerprint density at radius 3 is 1.83 bits per heavy atom. The number of aromatic nitrogens is 1. The van der Waals surface area contributed by atoms with Crippen molar-refractivity contribution in [2.24, 2.45) is 0 Å². The molecule has 1 heterocycles. The molecule has 1 N–H and O–H groups in total. The summed E-state index contributed by atoms with van der Waals surface area (Å²) >= 11 is 0. The van der Waals surface area contributed by atoms with Crippen LogP contribution in [-0.2, 0) is 9.84 Å². The van der Waals surface area contributed by atoms with E-state index < -0.39 is 32.4 Å². The van der Waals surface area contributed by atoms with Gasteiger partial charge in [0.1, 0.15) is 0 Å². The standard InChI is InChI=1S/C5H4F3NO2S/c1-12(10,11)5-3(7)2(6)4(8)9-5/h9H,1H3. The van der Waals surface area contributed by atoms with Crippen molar-refractivity contribution in [3.63, 3.8) is 0 Å². The van der Waals surface area contributed by atoms with Crippen molar-refractivity contribution in [1.29, 1.82) is 0 Å². The molecule has 0 aliphatic carbocycles. The summed E-state index contributed by atoms with van der Waals surface area (Å²) in [7, 11) is -3.95. The maximum atomic E-state index is 12.5. The minimum Gasteiger partial charge on any atom is -0.317 e. The first-order valence-corrected chi connectivity index (χ1v) is 4.65. The third-order valence-corrected chi connectivity index (χ3v) is 2.20. The number of aromatic amines is 1. The van der Waals surface area contributed by atoms with Crippen molar-refractivity contribution in [2.45, 2.75) is 5.03 Å². The van der Waals surface area contributed by atoms with Crippen molar-refractivity contribution in [1.82, 2.24) is 4.98 Å². The molecule has 1 rings (SSSR count). The predicted octanol–water partition coefficient (Wildman–Crippen LogP) is 0.836. The van der Waals surface area contributed by atoms with Crippen molar-refractivity contribution in [2.75, 3.05) is 6.26 Å². The van der Waals surface area contributed by atoms with Gasteiger partial charge in [-0.2, -0.15) is 8.78 Å². The molecule has 0 atom stereocenters. The van der Waals surface area contributed by atoms with Crippen LogP contribution in [0.2, 0.25) is 0 Å². The molecule has 0 amide bonds. The number of rotatable bonds is 1. The van der Waals surface area contributed by atoms with Crippen molar-refractivity contribution >= 4 is 9.84 Å². The van der Waals surface area contributed by atoms with Gasteiger partial charge < -0.3 is 4.98 Å². The molecule has 0 aromatic carbocycles. The van der Waals surface area contributed by atoms with Crippen LogP contribution in [0.25, 0.3) is 0 Å². The van der Waals surface area contributed by atoms with E-state index in [0.29, 0.717) is 6.26 Å². The van der Waals surface area contributed by atoms with Gasteiger partial charge in [0.15, 0.2) is 20.7 Å². The molecule has 7 heteroatoms. The highest BCUT2D eigenvalue weighted by molar-refractivity contribution is 7.90. The van der Waals surface area contributed by atoms with Gasteiger partial charge in [-0.15, -0.1) is 0 Å². The van der Waals surface area contributed by atoms with Crippen LogP contribution in [0.3, 0.4) is 0 Å².